The minimum Gasteiger partial charge on any atom is -0.348 e. The zero-order valence-corrected chi connectivity index (χ0v) is 14.3. The van der Waals surface area contributed by atoms with Gasteiger partial charge in [-0.05, 0) is 38.0 Å². The Bertz CT molecular complexity index is 482. The van der Waals surface area contributed by atoms with Crippen LogP contribution in [-0.2, 0) is 24.0 Å². The Morgan fingerprint density at radius 1 is 1.17 bits per heavy atom. The van der Waals surface area contributed by atoms with Gasteiger partial charge in [0.2, 0.25) is 5.79 Å². The quantitative estimate of drug-likeness (QED) is 0.588. The van der Waals surface area contributed by atoms with Crippen molar-refractivity contribution in [2.24, 2.45) is 23.7 Å². The summed E-state index contributed by atoms with van der Waals surface area (Å²) in [7, 11) is 0. The normalized spacial score (nSPS) is 55.1. The summed E-state index contributed by atoms with van der Waals surface area (Å²) in [6, 6.07) is 0. The highest BCUT2D eigenvalue weighted by Crippen LogP contribution is 2.60. The first kappa shape index (κ1) is 16.0. The Morgan fingerprint density at radius 2 is 2.00 bits per heavy atom. The molecule has 0 N–H and O–H groups in total. The Labute approximate surface area is 138 Å². The summed E-state index contributed by atoms with van der Waals surface area (Å²) in [6.07, 6.45) is 5.25. The van der Waals surface area contributed by atoms with E-state index in [0.29, 0.717) is 24.4 Å². The molecule has 130 valence electrons. The average Bonchev–Trinajstić information content (AvgIpc) is 2.76. The van der Waals surface area contributed by atoms with E-state index in [0.717, 1.165) is 19.3 Å². The Kier molecular flexibility index (Phi) is 3.85. The van der Waals surface area contributed by atoms with Crippen LogP contribution in [0.4, 0.5) is 0 Å². The van der Waals surface area contributed by atoms with Gasteiger partial charge in [-0.15, -0.1) is 6.58 Å². The summed E-state index contributed by atoms with van der Waals surface area (Å²) in [5.74, 6) is 0.818. The lowest BCUT2D eigenvalue weighted by atomic mass is 9.58. The molecule has 0 aromatic carbocycles. The molecule has 4 saturated heterocycles. The summed E-state index contributed by atoms with van der Waals surface area (Å²) >= 11 is 0. The molecule has 1 spiro atoms. The van der Waals surface area contributed by atoms with Gasteiger partial charge in [0, 0.05) is 18.3 Å². The van der Waals surface area contributed by atoms with Gasteiger partial charge >= 0.3 is 0 Å². The molecule has 1 unspecified atom stereocenters. The zero-order valence-electron chi connectivity index (χ0n) is 14.3. The topological polar surface area (TPSA) is 46.2 Å². The SMILES string of the molecule is C=CCOC1O[C@@H]2O[C@]3(C)CC[C@H]4[C@H](C)CC[C@@H]([C@H]1C)[C@@]24OO3. The fraction of sp³-hybridized carbons (Fsp3) is 0.889. The third-order valence-corrected chi connectivity index (χ3v) is 6.48. The number of ether oxygens (including phenoxy) is 3. The van der Waals surface area contributed by atoms with Gasteiger partial charge in [-0.2, -0.15) is 0 Å². The lowest BCUT2D eigenvalue weighted by Gasteiger charge is -2.60. The summed E-state index contributed by atoms with van der Waals surface area (Å²) in [4.78, 5) is 11.9. The maximum atomic E-state index is 6.26. The van der Waals surface area contributed by atoms with Crippen molar-refractivity contribution in [1.29, 1.82) is 0 Å². The first-order valence-electron chi connectivity index (χ1n) is 8.93. The van der Waals surface area contributed by atoms with Crippen LogP contribution < -0.4 is 0 Å². The third-order valence-electron chi connectivity index (χ3n) is 6.48. The van der Waals surface area contributed by atoms with Crippen LogP contribution in [0.1, 0.15) is 46.5 Å². The van der Waals surface area contributed by atoms with Crippen molar-refractivity contribution < 1.29 is 24.0 Å². The fourth-order valence-electron chi connectivity index (χ4n) is 5.23. The smallest absolute Gasteiger partial charge is 0.201 e. The summed E-state index contributed by atoms with van der Waals surface area (Å²) in [5, 5.41) is 0. The van der Waals surface area contributed by atoms with Gasteiger partial charge < -0.3 is 14.2 Å². The molecule has 23 heavy (non-hydrogen) atoms. The van der Waals surface area contributed by atoms with Crippen LogP contribution in [0.3, 0.4) is 0 Å². The lowest BCUT2D eigenvalue weighted by molar-refractivity contribution is -0.577. The van der Waals surface area contributed by atoms with Crippen LogP contribution in [0.25, 0.3) is 0 Å². The summed E-state index contributed by atoms with van der Waals surface area (Å²) in [5.41, 5.74) is -0.499. The van der Waals surface area contributed by atoms with Gasteiger partial charge in [-0.3, -0.25) is 0 Å². The standard InChI is InChI=1S/C18H28O5/c1-5-10-19-15-12(3)14-7-6-11(2)13-8-9-17(4)21-16(20-15)18(13,14)23-22-17/h5,11-16H,1,6-10H2,2-4H3/t11-,12-,13+,14+,15?,16-,17+,18-/m1/s1. The number of hydrogen-bond donors (Lipinski definition) is 0. The van der Waals surface area contributed by atoms with Crippen molar-refractivity contribution in [3.63, 3.8) is 0 Å². The Morgan fingerprint density at radius 3 is 2.78 bits per heavy atom. The zero-order chi connectivity index (χ0) is 16.2. The van der Waals surface area contributed by atoms with E-state index in [2.05, 4.69) is 20.4 Å². The molecule has 1 aliphatic carbocycles. The Hall–Kier alpha value is -0.460. The van der Waals surface area contributed by atoms with Crippen molar-refractivity contribution in [2.45, 2.75) is 70.4 Å². The van der Waals surface area contributed by atoms with E-state index in [9.17, 15) is 0 Å². The van der Waals surface area contributed by atoms with Crippen molar-refractivity contribution >= 4 is 0 Å². The van der Waals surface area contributed by atoms with Crippen LogP contribution in [0.2, 0.25) is 0 Å². The fourth-order valence-corrected chi connectivity index (χ4v) is 5.23. The second-order valence-corrected chi connectivity index (χ2v) is 7.90. The van der Waals surface area contributed by atoms with Crippen LogP contribution >= 0.6 is 0 Å². The van der Waals surface area contributed by atoms with Gasteiger partial charge in [0.05, 0.1) is 6.61 Å². The second-order valence-electron chi connectivity index (χ2n) is 7.90. The molecular weight excluding hydrogens is 296 g/mol. The molecule has 0 radical (unpaired) electrons. The number of hydrogen-bond acceptors (Lipinski definition) is 5. The molecule has 0 aromatic heterocycles. The minimum absolute atomic E-state index is 0.232. The molecule has 1 saturated carbocycles. The Balaban J connectivity index is 1.71. The molecule has 5 heteroatoms. The van der Waals surface area contributed by atoms with E-state index >= 15 is 0 Å². The van der Waals surface area contributed by atoms with Gasteiger partial charge in [-0.25, -0.2) is 9.78 Å². The van der Waals surface area contributed by atoms with Crippen LogP contribution in [0, 0.1) is 23.7 Å². The van der Waals surface area contributed by atoms with Gasteiger partial charge in [0.1, 0.15) is 0 Å². The van der Waals surface area contributed by atoms with Crippen molar-refractivity contribution in [3.05, 3.63) is 12.7 Å². The van der Waals surface area contributed by atoms with E-state index in [1.54, 1.807) is 6.08 Å². The molecule has 5 nitrogen and oxygen atoms in total. The molecule has 0 amide bonds. The molecular formula is C18H28O5. The molecule has 0 aromatic rings. The average molecular weight is 324 g/mol. The van der Waals surface area contributed by atoms with Crippen molar-refractivity contribution in [3.8, 4) is 0 Å². The number of fused-ring (bicyclic) bond motifs is 2. The molecule has 5 fully saturated rings. The van der Waals surface area contributed by atoms with E-state index in [1.807, 2.05) is 6.92 Å². The second kappa shape index (κ2) is 5.53. The molecule has 5 aliphatic rings. The summed E-state index contributed by atoms with van der Waals surface area (Å²) < 4.78 is 18.4. The highest BCUT2D eigenvalue weighted by atomic mass is 17.3. The highest BCUT2D eigenvalue weighted by Gasteiger charge is 2.69. The molecule has 2 bridgehead atoms. The van der Waals surface area contributed by atoms with Crippen LogP contribution in [0.15, 0.2) is 12.7 Å². The minimum atomic E-state index is -0.721. The van der Waals surface area contributed by atoms with Crippen LogP contribution in [0.5, 0.6) is 0 Å². The highest BCUT2D eigenvalue weighted by molar-refractivity contribution is 5.09. The largest absolute Gasteiger partial charge is 0.348 e. The lowest BCUT2D eigenvalue weighted by Crippen LogP contribution is -2.70. The molecule has 5 rings (SSSR count). The van der Waals surface area contributed by atoms with Crippen LogP contribution in [-0.4, -0.2) is 30.6 Å². The van der Waals surface area contributed by atoms with Gasteiger partial charge in [0.25, 0.3) is 0 Å². The predicted molar refractivity (Wildman–Crippen MR) is 83.0 cm³/mol. The maximum absolute atomic E-state index is 6.26. The van der Waals surface area contributed by atoms with E-state index in [-0.39, 0.29) is 12.2 Å². The maximum Gasteiger partial charge on any atom is 0.201 e. The monoisotopic (exact) mass is 324 g/mol. The van der Waals surface area contributed by atoms with Gasteiger partial charge in [0.15, 0.2) is 18.2 Å². The van der Waals surface area contributed by atoms with E-state index in [1.165, 1.54) is 6.42 Å². The van der Waals surface area contributed by atoms with Crippen molar-refractivity contribution in [2.75, 3.05) is 6.61 Å². The first-order valence-corrected chi connectivity index (χ1v) is 8.93. The third kappa shape index (κ3) is 2.24. The molecule has 4 aliphatic heterocycles. The molecule has 8 atom stereocenters. The first-order chi connectivity index (χ1) is 11.0. The van der Waals surface area contributed by atoms with E-state index in [4.69, 9.17) is 24.0 Å². The molecule has 4 heterocycles. The van der Waals surface area contributed by atoms with Gasteiger partial charge in [-0.1, -0.05) is 19.9 Å². The van der Waals surface area contributed by atoms with Crippen molar-refractivity contribution in [1.82, 2.24) is 0 Å². The van der Waals surface area contributed by atoms with E-state index < -0.39 is 17.7 Å². The predicted octanol–water partition coefficient (Wildman–Crippen LogP) is 3.40. The summed E-state index contributed by atoms with van der Waals surface area (Å²) in [6.45, 7) is 10.7. The number of rotatable bonds is 3.